The second-order valence-corrected chi connectivity index (χ2v) is 28.0. The average Bonchev–Trinajstić information content (AvgIpc) is 0.858. The lowest BCUT2D eigenvalue weighted by Crippen LogP contribution is -2.61. The maximum Gasteiger partial charge on any atom is 0.329 e. The summed E-state index contributed by atoms with van der Waals surface area (Å²) < 4.78 is 11.1. The van der Waals surface area contributed by atoms with Crippen LogP contribution in [0.1, 0.15) is 182 Å². The van der Waals surface area contributed by atoms with Crippen LogP contribution in [0.2, 0.25) is 0 Å². The van der Waals surface area contributed by atoms with E-state index in [-0.39, 0.29) is 76.1 Å². The number of ether oxygens (including phenoxy) is 2. The van der Waals surface area contributed by atoms with Gasteiger partial charge in [0.05, 0.1) is 0 Å². The standard InChI is InChI=1S/C68H121N13O16/c1-23-41(14)55-63(90)77-53(39(10)11)62(89)72-44(17)59(86)69-29-26-49(82)74-47(33-37(6)7)66(93)81(21)58(43(16)25-3)68(95)97-45(18)56(78-60(87)48(34-38(8)9)79(19)67(94)54(40(12)13)76-52(85)35-96-22)61(88)70-30-27-50(83)73-46(32-36(4)5)65(92)80(20)57(42(15)24-2)64(91)71-31-28-51(84)75-55/h36-48,53-58H,23-35H2,1-22H3,(H,69,86)(H,70,88)(H,71,91)(H,72,89)(H,73,83)(H,74,82)(H,75,84)(H,76,85)(H,77,90)(H,78,87)/t41-,42-,43-,44-,45+,46+,47+,48+,53+,54?,55+,56-,57-,58+/m0/s1. The molecule has 0 aliphatic carbocycles. The van der Waals surface area contributed by atoms with Gasteiger partial charge in [0.1, 0.15) is 73.1 Å². The first-order valence-electron chi connectivity index (χ1n) is 34.6. The van der Waals surface area contributed by atoms with Crippen molar-refractivity contribution in [3.05, 3.63) is 0 Å². The zero-order valence-corrected chi connectivity index (χ0v) is 62.0. The molecule has 13 amide bonds. The van der Waals surface area contributed by atoms with Gasteiger partial charge >= 0.3 is 5.97 Å². The SMILES string of the molecule is CC[C@H](C)[C@H]1C(=O)NCCC(=O)N[C@H]([C@@H](C)CC)C(=O)N[C@H](C(C)C)C(=O)N[C@@H](C)C(=O)NCCC(=O)N[C@H](CC(C)C)C(=O)N(C)[C@H]([C@@H](C)CC)C(=O)O[C@H](C)[C@H](NC(=O)[C@@H](CC(C)C)N(C)C(=O)C(NC(=O)COC)C(C)C)C(=O)NCCC(=O)N[C@H](CC(C)C)C(=O)N1C. The Bertz CT molecular complexity index is 2660. The van der Waals surface area contributed by atoms with E-state index in [1.54, 1.807) is 55.4 Å². The molecule has 29 nitrogen and oxygen atoms in total. The molecule has 1 aliphatic heterocycles. The van der Waals surface area contributed by atoms with Crippen molar-refractivity contribution in [3.63, 3.8) is 0 Å². The molecular formula is C68H121N13O16. The summed E-state index contributed by atoms with van der Waals surface area (Å²) in [5.74, 6) is -12.7. The first-order valence-corrected chi connectivity index (χ1v) is 34.6. The van der Waals surface area contributed by atoms with E-state index in [2.05, 4.69) is 53.2 Å². The Balaban J connectivity index is 4.12. The number of hydrogen-bond donors (Lipinski definition) is 10. The van der Waals surface area contributed by atoms with Gasteiger partial charge < -0.3 is 77.3 Å². The van der Waals surface area contributed by atoms with Gasteiger partial charge in [0.2, 0.25) is 76.8 Å². The van der Waals surface area contributed by atoms with E-state index >= 15 is 0 Å². The number of esters is 1. The van der Waals surface area contributed by atoms with Crippen molar-refractivity contribution in [2.45, 2.75) is 249 Å². The monoisotopic (exact) mass is 1380 g/mol. The number of methoxy groups -OCH3 is 1. The van der Waals surface area contributed by atoms with Crippen molar-refractivity contribution < 1.29 is 76.6 Å². The maximum atomic E-state index is 14.8. The van der Waals surface area contributed by atoms with Gasteiger partial charge in [0.15, 0.2) is 0 Å². The van der Waals surface area contributed by atoms with Crippen LogP contribution in [-0.4, -0.2) is 218 Å². The first kappa shape index (κ1) is 87.6. The molecule has 1 saturated heterocycles. The van der Waals surface area contributed by atoms with Crippen molar-refractivity contribution >= 4 is 82.8 Å². The minimum atomic E-state index is -1.73. The van der Waals surface area contributed by atoms with Gasteiger partial charge in [0.25, 0.3) is 0 Å². The van der Waals surface area contributed by atoms with Crippen LogP contribution < -0.4 is 53.2 Å². The number of likely N-dealkylation sites (N-methyl/N-ethyl adjacent to an activating group) is 3. The summed E-state index contributed by atoms with van der Waals surface area (Å²) in [7, 11) is 5.52. The molecule has 1 unspecified atom stereocenters. The highest BCUT2D eigenvalue weighted by atomic mass is 16.5. The minimum absolute atomic E-state index is 0.0607. The van der Waals surface area contributed by atoms with Gasteiger partial charge in [-0.25, -0.2) is 4.79 Å². The van der Waals surface area contributed by atoms with Crippen LogP contribution in [0.3, 0.4) is 0 Å². The summed E-state index contributed by atoms with van der Waals surface area (Å²) in [5.41, 5.74) is 0. The number of cyclic esters (lactones) is 1. The summed E-state index contributed by atoms with van der Waals surface area (Å²) >= 11 is 0. The quantitative estimate of drug-likeness (QED) is 0.0730. The Kier molecular flexibility index (Phi) is 38.9. The van der Waals surface area contributed by atoms with Crippen molar-refractivity contribution in [2.24, 2.45) is 47.3 Å². The fourth-order valence-corrected chi connectivity index (χ4v) is 11.2. The number of carbonyl (C=O) groups excluding carboxylic acids is 14. The van der Waals surface area contributed by atoms with Crippen LogP contribution in [0.25, 0.3) is 0 Å². The summed E-state index contributed by atoms with van der Waals surface area (Å²) in [5, 5.41) is 27.0. The van der Waals surface area contributed by atoms with Gasteiger partial charge in [-0.3, -0.25) is 62.3 Å². The topological polar surface area (TPSA) is 387 Å². The summed E-state index contributed by atoms with van der Waals surface area (Å²) in [6, 6.07) is -12.3. The smallest absolute Gasteiger partial charge is 0.329 e. The minimum Gasteiger partial charge on any atom is -0.458 e. The zero-order chi connectivity index (χ0) is 74.5. The number of amides is 13. The third-order valence-electron chi connectivity index (χ3n) is 17.5. The molecule has 14 atom stereocenters. The fourth-order valence-electron chi connectivity index (χ4n) is 11.2. The summed E-state index contributed by atoms with van der Waals surface area (Å²) in [6.45, 7) is 30.0. The molecule has 0 aromatic carbocycles. The maximum absolute atomic E-state index is 14.8. The highest BCUT2D eigenvalue weighted by Crippen LogP contribution is 2.23. The number of nitrogens with one attached hydrogen (secondary N) is 10. The molecule has 1 aliphatic rings. The van der Waals surface area contributed by atoms with E-state index in [9.17, 15) is 67.1 Å². The largest absolute Gasteiger partial charge is 0.458 e. The van der Waals surface area contributed by atoms with E-state index in [0.29, 0.717) is 19.3 Å². The van der Waals surface area contributed by atoms with Crippen LogP contribution in [0.5, 0.6) is 0 Å². The normalized spacial score (nSPS) is 24.9. The molecule has 1 fully saturated rings. The lowest BCUT2D eigenvalue weighted by Gasteiger charge is -2.36. The number of nitrogens with zero attached hydrogens (tertiary/aromatic N) is 3. The fraction of sp³-hybridized carbons (Fsp3) is 0.794. The Labute approximate surface area is 575 Å². The molecule has 0 saturated carbocycles. The van der Waals surface area contributed by atoms with E-state index in [4.69, 9.17) is 9.47 Å². The molecule has 1 heterocycles. The number of hydrogen-bond acceptors (Lipinski definition) is 16. The third-order valence-corrected chi connectivity index (χ3v) is 17.5. The van der Waals surface area contributed by atoms with Gasteiger partial charge in [-0.2, -0.15) is 0 Å². The molecule has 0 aromatic rings. The average molecular weight is 1380 g/mol. The molecule has 1 rings (SSSR count). The summed E-state index contributed by atoms with van der Waals surface area (Å²) in [4.78, 5) is 201. The highest BCUT2D eigenvalue weighted by Gasteiger charge is 2.42. The van der Waals surface area contributed by atoms with Crippen molar-refractivity contribution in [2.75, 3.05) is 54.5 Å². The van der Waals surface area contributed by atoms with Crippen molar-refractivity contribution in [1.82, 2.24) is 67.9 Å². The third kappa shape index (κ3) is 28.9. The first-order chi connectivity index (χ1) is 45.2. The molecule has 29 heteroatoms. The number of carbonyl (C=O) groups is 14. The second kappa shape index (κ2) is 43.1. The van der Waals surface area contributed by atoms with Crippen molar-refractivity contribution in [1.29, 1.82) is 0 Å². The molecule has 0 bridgehead atoms. The van der Waals surface area contributed by atoms with Crippen LogP contribution in [0.4, 0.5) is 0 Å². The van der Waals surface area contributed by atoms with Gasteiger partial charge in [-0.1, -0.05) is 130 Å². The summed E-state index contributed by atoms with van der Waals surface area (Å²) in [6.07, 6.45) is -1.01. The molecular weight excluding hydrogens is 1250 g/mol. The highest BCUT2D eigenvalue weighted by molar-refractivity contribution is 5.97. The molecule has 97 heavy (non-hydrogen) atoms. The van der Waals surface area contributed by atoms with E-state index in [1.807, 2.05) is 55.4 Å². The van der Waals surface area contributed by atoms with Crippen LogP contribution in [0.15, 0.2) is 0 Å². The van der Waals surface area contributed by atoms with E-state index < -0.39 is 185 Å². The van der Waals surface area contributed by atoms with E-state index in [0.717, 1.165) is 4.90 Å². The number of rotatable bonds is 21. The van der Waals surface area contributed by atoms with Crippen LogP contribution >= 0.6 is 0 Å². The van der Waals surface area contributed by atoms with Crippen LogP contribution in [0, 0.1) is 47.3 Å². The van der Waals surface area contributed by atoms with Gasteiger partial charge in [-0.05, 0) is 80.5 Å². The Hall–Kier alpha value is -7.46. The second-order valence-electron chi connectivity index (χ2n) is 28.0. The lowest BCUT2D eigenvalue weighted by molar-refractivity contribution is -0.163. The molecule has 0 aromatic heterocycles. The molecule has 0 radical (unpaired) electrons. The predicted octanol–water partition coefficient (Wildman–Crippen LogP) is 1.58. The Morgan fingerprint density at radius 1 is 0.567 bits per heavy atom. The van der Waals surface area contributed by atoms with Gasteiger partial charge in [0, 0.05) is 67.1 Å². The molecule has 10 N–H and O–H groups in total. The predicted molar refractivity (Wildman–Crippen MR) is 366 cm³/mol. The Morgan fingerprint density at radius 2 is 1.01 bits per heavy atom. The molecule has 554 valence electrons. The molecule has 0 spiro atoms. The lowest BCUT2D eigenvalue weighted by atomic mass is 9.95. The Morgan fingerprint density at radius 3 is 1.45 bits per heavy atom. The van der Waals surface area contributed by atoms with Gasteiger partial charge in [-0.15, -0.1) is 0 Å². The van der Waals surface area contributed by atoms with E-state index in [1.165, 1.54) is 51.9 Å². The van der Waals surface area contributed by atoms with Crippen molar-refractivity contribution in [3.8, 4) is 0 Å². The zero-order valence-electron chi connectivity index (χ0n) is 62.0. The van der Waals surface area contributed by atoms with Crippen LogP contribution in [-0.2, 0) is 76.6 Å².